The lowest BCUT2D eigenvalue weighted by molar-refractivity contribution is 0.282. The normalized spacial score (nSPS) is 12.6. The summed E-state index contributed by atoms with van der Waals surface area (Å²) in [6.45, 7) is 6.66. The highest BCUT2D eigenvalue weighted by molar-refractivity contribution is 7.88. The van der Waals surface area contributed by atoms with E-state index in [1.54, 1.807) is 24.3 Å². The van der Waals surface area contributed by atoms with E-state index in [1.807, 2.05) is 0 Å². The molecule has 0 radical (unpaired) electrons. The Morgan fingerprint density at radius 1 is 1.11 bits per heavy atom. The van der Waals surface area contributed by atoms with Gasteiger partial charge in [-0.05, 0) is 23.0 Å². The van der Waals surface area contributed by atoms with Crippen molar-refractivity contribution >= 4 is 10.0 Å². The van der Waals surface area contributed by atoms with Gasteiger partial charge in [-0.3, -0.25) is 0 Å². The molecule has 0 aliphatic rings. The largest absolute Gasteiger partial charge is 0.392 e. The van der Waals surface area contributed by atoms with Gasteiger partial charge in [0.25, 0.3) is 0 Å². The van der Waals surface area contributed by atoms with Crippen LogP contribution in [0.15, 0.2) is 24.3 Å². The second-order valence-electron chi connectivity index (χ2n) is 5.94. The summed E-state index contributed by atoms with van der Waals surface area (Å²) in [5.41, 5.74) is 1.62. The van der Waals surface area contributed by atoms with Crippen LogP contribution in [0.5, 0.6) is 0 Å². The molecule has 19 heavy (non-hydrogen) atoms. The summed E-state index contributed by atoms with van der Waals surface area (Å²) in [4.78, 5) is 0. The van der Waals surface area contributed by atoms with Gasteiger partial charge >= 0.3 is 0 Å². The van der Waals surface area contributed by atoms with Crippen molar-refractivity contribution in [1.29, 1.82) is 0 Å². The molecule has 0 atom stereocenters. The molecule has 1 aromatic carbocycles. The van der Waals surface area contributed by atoms with Crippen molar-refractivity contribution in [2.45, 2.75) is 39.6 Å². The van der Waals surface area contributed by atoms with Gasteiger partial charge in [-0.15, -0.1) is 0 Å². The summed E-state index contributed by atoms with van der Waals surface area (Å²) in [6.07, 6.45) is 0.801. The molecule has 4 nitrogen and oxygen atoms in total. The van der Waals surface area contributed by atoms with Gasteiger partial charge in [0.1, 0.15) is 0 Å². The third kappa shape index (κ3) is 6.71. The Hall–Kier alpha value is -0.910. The Morgan fingerprint density at radius 2 is 1.63 bits per heavy atom. The van der Waals surface area contributed by atoms with Crippen molar-refractivity contribution in [3.8, 4) is 0 Å². The van der Waals surface area contributed by atoms with E-state index in [4.69, 9.17) is 5.11 Å². The fraction of sp³-hybridized carbons (Fsp3) is 0.571. The molecular weight excluding hydrogens is 262 g/mol. The zero-order chi connectivity index (χ0) is 14.5. The maximum absolute atomic E-state index is 11.9. The molecule has 0 heterocycles. The highest BCUT2D eigenvalue weighted by Gasteiger charge is 2.14. The van der Waals surface area contributed by atoms with Gasteiger partial charge < -0.3 is 5.11 Å². The Kier molecular flexibility index (Phi) is 5.52. The molecule has 2 N–H and O–H groups in total. The maximum Gasteiger partial charge on any atom is 0.215 e. The number of aliphatic hydroxyl groups excluding tert-OH is 1. The Balaban J connectivity index is 2.54. The summed E-state index contributed by atoms with van der Waals surface area (Å²) in [5.74, 6) is -0.0249. The minimum atomic E-state index is -3.29. The number of sulfonamides is 1. The minimum Gasteiger partial charge on any atom is -0.392 e. The summed E-state index contributed by atoms with van der Waals surface area (Å²) in [5, 5.41) is 8.92. The van der Waals surface area contributed by atoms with Crippen LogP contribution >= 0.6 is 0 Å². The Bertz CT molecular complexity index is 486. The molecular formula is C14H23NO3S. The zero-order valence-electron chi connectivity index (χ0n) is 11.8. The first-order valence-corrected chi connectivity index (χ1v) is 8.03. The van der Waals surface area contributed by atoms with Crippen LogP contribution in [0.2, 0.25) is 0 Å². The Morgan fingerprint density at radius 3 is 2.11 bits per heavy atom. The molecule has 0 aliphatic carbocycles. The van der Waals surface area contributed by atoms with Crippen molar-refractivity contribution < 1.29 is 13.5 Å². The van der Waals surface area contributed by atoms with Gasteiger partial charge in [-0.25, -0.2) is 13.1 Å². The zero-order valence-corrected chi connectivity index (χ0v) is 12.6. The number of nitrogens with one attached hydrogen (secondary N) is 1. The van der Waals surface area contributed by atoms with E-state index >= 15 is 0 Å². The first-order chi connectivity index (χ1) is 8.72. The van der Waals surface area contributed by atoms with Crippen molar-refractivity contribution in [3.05, 3.63) is 35.4 Å². The molecule has 0 spiro atoms. The second-order valence-corrected chi connectivity index (χ2v) is 7.75. The molecule has 0 unspecified atom stereocenters. The molecule has 1 aromatic rings. The highest BCUT2D eigenvalue weighted by atomic mass is 32.2. The molecule has 0 fully saturated rings. The molecule has 0 saturated heterocycles. The van der Waals surface area contributed by atoms with Gasteiger partial charge in [0.05, 0.1) is 12.4 Å². The lowest BCUT2D eigenvalue weighted by Crippen LogP contribution is -2.28. The average molecular weight is 285 g/mol. The van der Waals surface area contributed by atoms with Crippen molar-refractivity contribution in [2.75, 3.05) is 6.54 Å². The van der Waals surface area contributed by atoms with Crippen LogP contribution in [0.25, 0.3) is 0 Å². The molecule has 0 aromatic heterocycles. The first kappa shape index (κ1) is 16.1. The first-order valence-electron chi connectivity index (χ1n) is 6.38. The SMILES string of the molecule is CC(C)(C)CCNS(=O)(=O)Cc1ccc(CO)cc1. The van der Waals surface area contributed by atoms with Gasteiger partial charge in [0, 0.05) is 6.54 Å². The van der Waals surface area contributed by atoms with E-state index in [2.05, 4.69) is 25.5 Å². The second kappa shape index (κ2) is 6.50. The van der Waals surface area contributed by atoms with Crippen LogP contribution in [0.1, 0.15) is 38.3 Å². The number of aliphatic hydroxyl groups is 1. The number of benzene rings is 1. The number of rotatable bonds is 6. The van der Waals surface area contributed by atoms with Crippen LogP contribution in [0.3, 0.4) is 0 Å². The molecule has 5 heteroatoms. The lowest BCUT2D eigenvalue weighted by atomic mass is 9.93. The predicted molar refractivity (Wildman–Crippen MR) is 77.1 cm³/mol. The molecule has 0 bridgehead atoms. The van der Waals surface area contributed by atoms with Crippen molar-refractivity contribution in [1.82, 2.24) is 4.72 Å². The summed E-state index contributed by atoms with van der Waals surface area (Å²) >= 11 is 0. The van der Waals surface area contributed by atoms with Crippen LogP contribution in [-0.2, 0) is 22.4 Å². The fourth-order valence-electron chi connectivity index (χ4n) is 1.59. The Labute approximate surface area is 115 Å². The third-order valence-electron chi connectivity index (χ3n) is 2.76. The van der Waals surface area contributed by atoms with Crippen molar-refractivity contribution in [2.24, 2.45) is 5.41 Å². The topological polar surface area (TPSA) is 66.4 Å². The van der Waals surface area contributed by atoms with E-state index in [9.17, 15) is 8.42 Å². The molecule has 0 saturated carbocycles. The van der Waals surface area contributed by atoms with Crippen LogP contribution in [0, 0.1) is 5.41 Å². The maximum atomic E-state index is 11.9. The van der Waals surface area contributed by atoms with Gasteiger partial charge in [-0.1, -0.05) is 45.0 Å². The van der Waals surface area contributed by atoms with Crippen LogP contribution < -0.4 is 4.72 Å². The van der Waals surface area contributed by atoms with E-state index < -0.39 is 10.0 Å². The number of hydrogen-bond donors (Lipinski definition) is 2. The molecule has 108 valence electrons. The summed E-state index contributed by atoms with van der Waals surface area (Å²) in [7, 11) is -3.29. The monoisotopic (exact) mass is 285 g/mol. The fourth-order valence-corrected chi connectivity index (χ4v) is 2.74. The highest BCUT2D eigenvalue weighted by Crippen LogP contribution is 2.17. The van der Waals surface area contributed by atoms with Gasteiger partial charge in [0.15, 0.2) is 0 Å². The van der Waals surface area contributed by atoms with E-state index in [0.29, 0.717) is 6.54 Å². The molecule has 0 aliphatic heterocycles. The van der Waals surface area contributed by atoms with E-state index in [0.717, 1.165) is 17.5 Å². The number of hydrogen-bond acceptors (Lipinski definition) is 3. The average Bonchev–Trinajstić information content (AvgIpc) is 2.27. The third-order valence-corrected chi connectivity index (χ3v) is 4.12. The van der Waals surface area contributed by atoms with E-state index in [-0.39, 0.29) is 17.8 Å². The van der Waals surface area contributed by atoms with Crippen LogP contribution in [-0.4, -0.2) is 20.1 Å². The lowest BCUT2D eigenvalue weighted by Gasteiger charge is -2.18. The smallest absolute Gasteiger partial charge is 0.215 e. The molecule has 0 amide bonds. The predicted octanol–water partition coefficient (Wildman–Crippen LogP) is 2.03. The van der Waals surface area contributed by atoms with E-state index in [1.165, 1.54) is 0 Å². The quantitative estimate of drug-likeness (QED) is 0.840. The standard InChI is InChI=1S/C14H23NO3S/c1-14(2,3)8-9-15-19(17,18)11-13-6-4-12(10-16)5-7-13/h4-7,15-16H,8-11H2,1-3H3. The minimum absolute atomic E-state index is 0.0249. The molecule has 1 rings (SSSR count). The van der Waals surface area contributed by atoms with Crippen molar-refractivity contribution in [3.63, 3.8) is 0 Å². The van der Waals surface area contributed by atoms with Gasteiger partial charge in [0.2, 0.25) is 10.0 Å². The summed E-state index contributed by atoms with van der Waals surface area (Å²) < 4.78 is 26.4. The summed E-state index contributed by atoms with van der Waals surface area (Å²) in [6, 6.07) is 6.93. The van der Waals surface area contributed by atoms with Crippen LogP contribution in [0.4, 0.5) is 0 Å². The van der Waals surface area contributed by atoms with Gasteiger partial charge in [-0.2, -0.15) is 0 Å².